The van der Waals surface area contributed by atoms with Crippen molar-refractivity contribution in [2.45, 2.75) is 13.1 Å². The molecule has 0 aliphatic carbocycles. The zero-order chi connectivity index (χ0) is 16.8. The van der Waals surface area contributed by atoms with Gasteiger partial charge in [-0.3, -0.25) is 9.88 Å². The SMILES string of the molecule is COCCN(Cc1ccccc1F)Cc1ccnc2ccccc12. The van der Waals surface area contributed by atoms with E-state index in [0.29, 0.717) is 18.7 Å². The number of rotatable bonds is 7. The van der Waals surface area contributed by atoms with Gasteiger partial charge in [0.15, 0.2) is 0 Å². The van der Waals surface area contributed by atoms with Crippen LogP contribution in [0.2, 0.25) is 0 Å². The van der Waals surface area contributed by atoms with Crippen molar-refractivity contribution in [1.29, 1.82) is 0 Å². The highest BCUT2D eigenvalue weighted by Crippen LogP contribution is 2.19. The number of hydrogen-bond acceptors (Lipinski definition) is 3. The van der Waals surface area contributed by atoms with Gasteiger partial charge in [-0.25, -0.2) is 4.39 Å². The van der Waals surface area contributed by atoms with E-state index in [4.69, 9.17) is 4.74 Å². The maximum Gasteiger partial charge on any atom is 0.127 e. The van der Waals surface area contributed by atoms with Gasteiger partial charge in [0.1, 0.15) is 5.82 Å². The van der Waals surface area contributed by atoms with Gasteiger partial charge >= 0.3 is 0 Å². The van der Waals surface area contributed by atoms with Crippen molar-refractivity contribution in [2.24, 2.45) is 0 Å². The van der Waals surface area contributed by atoms with E-state index in [2.05, 4.69) is 16.0 Å². The van der Waals surface area contributed by atoms with Crippen LogP contribution in [0.15, 0.2) is 60.8 Å². The number of pyridine rings is 1. The molecule has 0 spiro atoms. The third-order valence-corrected chi connectivity index (χ3v) is 4.10. The van der Waals surface area contributed by atoms with Crippen molar-refractivity contribution in [3.63, 3.8) is 0 Å². The molecule has 0 fully saturated rings. The first-order valence-corrected chi connectivity index (χ1v) is 8.05. The minimum absolute atomic E-state index is 0.167. The quantitative estimate of drug-likeness (QED) is 0.656. The second-order valence-corrected chi connectivity index (χ2v) is 5.78. The molecule has 0 atom stereocenters. The normalized spacial score (nSPS) is 11.3. The number of para-hydroxylation sites is 1. The van der Waals surface area contributed by atoms with Crippen molar-refractivity contribution < 1.29 is 9.13 Å². The highest BCUT2D eigenvalue weighted by molar-refractivity contribution is 5.81. The van der Waals surface area contributed by atoms with Crippen LogP contribution in [-0.2, 0) is 17.8 Å². The Morgan fingerprint density at radius 2 is 1.71 bits per heavy atom. The van der Waals surface area contributed by atoms with E-state index in [1.165, 1.54) is 11.6 Å². The predicted molar refractivity (Wildman–Crippen MR) is 94.1 cm³/mol. The van der Waals surface area contributed by atoms with E-state index in [1.54, 1.807) is 13.2 Å². The van der Waals surface area contributed by atoms with Crippen molar-refractivity contribution >= 4 is 10.9 Å². The first-order valence-electron chi connectivity index (χ1n) is 8.05. The fourth-order valence-corrected chi connectivity index (χ4v) is 2.84. The highest BCUT2D eigenvalue weighted by atomic mass is 19.1. The summed E-state index contributed by atoms with van der Waals surface area (Å²) >= 11 is 0. The zero-order valence-electron chi connectivity index (χ0n) is 13.8. The predicted octanol–water partition coefficient (Wildman–Crippen LogP) is 4.02. The van der Waals surface area contributed by atoms with Crippen LogP contribution >= 0.6 is 0 Å². The zero-order valence-corrected chi connectivity index (χ0v) is 13.8. The lowest BCUT2D eigenvalue weighted by atomic mass is 10.1. The topological polar surface area (TPSA) is 25.4 Å². The van der Waals surface area contributed by atoms with Gasteiger partial charge in [-0.1, -0.05) is 36.4 Å². The first kappa shape index (κ1) is 16.6. The van der Waals surface area contributed by atoms with Crippen LogP contribution in [0.1, 0.15) is 11.1 Å². The number of fused-ring (bicyclic) bond motifs is 1. The molecule has 0 unspecified atom stereocenters. The molecular formula is C20H21FN2O. The number of benzene rings is 2. The van der Waals surface area contributed by atoms with Gasteiger partial charge in [-0.15, -0.1) is 0 Å². The summed E-state index contributed by atoms with van der Waals surface area (Å²) in [5, 5.41) is 1.14. The van der Waals surface area contributed by atoms with E-state index in [1.807, 2.05) is 42.6 Å². The first-order chi connectivity index (χ1) is 11.8. The second kappa shape index (κ2) is 7.99. The van der Waals surface area contributed by atoms with Gasteiger partial charge in [0.25, 0.3) is 0 Å². The Balaban J connectivity index is 1.84. The van der Waals surface area contributed by atoms with Crippen LogP contribution in [0.5, 0.6) is 0 Å². The largest absolute Gasteiger partial charge is 0.383 e. The van der Waals surface area contributed by atoms with Crippen LogP contribution < -0.4 is 0 Å². The Hall–Kier alpha value is -2.30. The molecule has 124 valence electrons. The van der Waals surface area contributed by atoms with Gasteiger partial charge < -0.3 is 4.74 Å². The number of halogens is 1. The maximum absolute atomic E-state index is 14.0. The number of nitrogens with zero attached hydrogens (tertiary/aromatic N) is 2. The summed E-state index contributed by atoms with van der Waals surface area (Å²) < 4.78 is 19.2. The Kier molecular flexibility index (Phi) is 5.51. The van der Waals surface area contributed by atoms with E-state index in [9.17, 15) is 4.39 Å². The monoisotopic (exact) mass is 324 g/mol. The Morgan fingerprint density at radius 3 is 2.54 bits per heavy atom. The van der Waals surface area contributed by atoms with E-state index < -0.39 is 0 Å². The average molecular weight is 324 g/mol. The minimum atomic E-state index is -0.167. The lowest BCUT2D eigenvalue weighted by molar-refractivity contribution is 0.139. The maximum atomic E-state index is 14.0. The van der Waals surface area contributed by atoms with Gasteiger partial charge in [0.05, 0.1) is 12.1 Å². The van der Waals surface area contributed by atoms with Crippen molar-refractivity contribution in [1.82, 2.24) is 9.88 Å². The number of ether oxygens (including phenoxy) is 1. The number of aromatic nitrogens is 1. The van der Waals surface area contributed by atoms with Crippen LogP contribution in [-0.4, -0.2) is 30.1 Å². The smallest absolute Gasteiger partial charge is 0.127 e. The number of methoxy groups -OCH3 is 1. The Morgan fingerprint density at radius 1 is 0.958 bits per heavy atom. The minimum Gasteiger partial charge on any atom is -0.383 e. The van der Waals surface area contributed by atoms with Crippen LogP contribution in [0.25, 0.3) is 10.9 Å². The summed E-state index contributed by atoms with van der Waals surface area (Å²) in [5.74, 6) is -0.167. The van der Waals surface area contributed by atoms with Gasteiger partial charge in [-0.2, -0.15) is 0 Å². The molecule has 0 amide bonds. The molecule has 0 saturated heterocycles. The molecule has 1 aromatic heterocycles. The molecule has 2 aromatic carbocycles. The average Bonchev–Trinajstić information content (AvgIpc) is 2.62. The Labute approximate surface area is 141 Å². The van der Waals surface area contributed by atoms with Crippen LogP contribution in [0.3, 0.4) is 0 Å². The Bertz CT molecular complexity index is 801. The van der Waals surface area contributed by atoms with Crippen molar-refractivity contribution in [3.05, 3.63) is 77.7 Å². The summed E-state index contributed by atoms with van der Waals surface area (Å²) in [4.78, 5) is 6.60. The molecule has 4 heteroatoms. The van der Waals surface area contributed by atoms with Crippen LogP contribution in [0, 0.1) is 5.82 Å². The molecule has 3 rings (SSSR count). The summed E-state index contributed by atoms with van der Waals surface area (Å²) in [5.41, 5.74) is 2.87. The van der Waals surface area contributed by atoms with Gasteiger partial charge in [0.2, 0.25) is 0 Å². The summed E-state index contributed by atoms with van der Waals surface area (Å²) in [6.07, 6.45) is 1.83. The second-order valence-electron chi connectivity index (χ2n) is 5.78. The molecule has 0 aliphatic heterocycles. The van der Waals surface area contributed by atoms with Gasteiger partial charge in [0, 0.05) is 43.9 Å². The number of hydrogen-bond donors (Lipinski definition) is 0. The van der Waals surface area contributed by atoms with Crippen molar-refractivity contribution in [3.8, 4) is 0 Å². The summed E-state index contributed by atoms with van der Waals surface area (Å²) in [6, 6.07) is 17.0. The standard InChI is InChI=1S/C20H21FN2O/c1-24-13-12-23(15-17-6-2-4-8-19(17)21)14-16-10-11-22-20-9-5-3-7-18(16)20/h2-11H,12-15H2,1H3. The van der Waals surface area contributed by atoms with Crippen molar-refractivity contribution in [2.75, 3.05) is 20.3 Å². The third kappa shape index (κ3) is 3.96. The molecule has 3 nitrogen and oxygen atoms in total. The molecule has 0 saturated carbocycles. The van der Waals surface area contributed by atoms with E-state index in [0.717, 1.165) is 24.0 Å². The molecule has 24 heavy (non-hydrogen) atoms. The lowest BCUT2D eigenvalue weighted by Crippen LogP contribution is -2.27. The fourth-order valence-electron chi connectivity index (χ4n) is 2.84. The highest BCUT2D eigenvalue weighted by Gasteiger charge is 2.12. The van der Waals surface area contributed by atoms with E-state index in [-0.39, 0.29) is 5.82 Å². The molecule has 3 aromatic rings. The van der Waals surface area contributed by atoms with Crippen LogP contribution in [0.4, 0.5) is 4.39 Å². The van der Waals surface area contributed by atoms with E-state index >= 15 is 0 Å². The molecule has 0 N–H and O–H groups in total. The summed E-state index contributed by atoms with van der Waals surface area (Å²) in [7, 11) is 1.68. The fraction of sp³-hybridized carbons (Fsp3) is 0.250. The van der Waals surface area contributed by atoms with Gasteiger partial charge in [-0.05, 0) is 23.8 Å². The molecule has 0 aliphatic rings. The molecule has 0 radical (unpaired) electrons. The third-order valence-electron chi connectivity index (χ3n) is 4.10. The summed E-state index contributed by atoms with van der Waals surface area (Å²) in [6.45, 7) is 2.62. The molecular weight excluding hydrogens is 303 g/mol. The lowest BCUT2D eigenvalue weighted by Gasteiger charge is -2.23. The molecule has 1 heterocycles. The molecule has 0 bridgehead atoms.